The molecule has 132 valence electrons. The molecule has 2 aliphatic rings. The number of rotatable bonds is 2. The molecule has 0 N–H and O–H groups in total. The topological polar surface area (TPSA) is 42.7 Å². The van der Waals surface area contributed by atoms with E-state index in [0.717, 1.165) is 57.7 Å². The molecule has 0 atom stereocenters. The number of aryl methyl sites for hydroxylation is 1. The third-order valence-corrected chi connectivity index (χ3v) is 5.71. The minimum absolute atomic E-state index is 0.193. The molecular weight excluding hydrogens is 350 g/mol. The largest absolute Gasteiger partial charge is 0.478 e. The predicted octanol–water partition coefficient (Wildman–Crippen LogP) is 4.29. The minimum atomic E-state index is -0.193. The minimum Gasteiger partial charge on any atom is -0.478 e. The van der Waals surface area contributed by atoms with Crippen LogP contribution in [0.15, 0.2) is 45.6 Å². The summed E-state index contributed by atoms with van der Waals surface area (Å²) in [6, 6.07) is 11.9. The summed E-state index contributed by atoms with van der Waals surface area (Å²) in [6.45, 7) is 1.84. The Labute approximate surface area is 155 Å². The summed E-state index contributed by atoms with van der Waals surface area (Å²) in [4.78, 5) is 14.6. The maximum absolute atomic E-state index is 12.4. The number of hydrogen-bond donors (Lipinski definition) is 0. The molecule has 0 fully saturated rings. The molecule has 1 aliphatic carbocycles. The summed E-state index contributed by atoms with van der Waals surface area (Å²) < 4.78 is 11.7. The summed E-state index contributed by atoms with van der Waals surface area (Å²) in [5.74, 6) is 0.800. The van der Waals surface area contributed by atoms with Crippen molar-refractivity contribution in [2.24, 2.45) is 0 Å². The average Bonchev–Trinajstić information content (AvgIpc) is 3.14. The summed E-state index contributed by atoms with van der Waals surface area (Å²) in [7, 11) is 0. The van der Waals surface area contributed by atoms with Gasteiger partial charge in [0, 0.05) is 29.1 Å². The molecule has 26 heavy (non-hydrogen) atoms. The molecule has 0 saturated heterocycles. The van der Waals surface area contributed by atoms with Crippen molar-refractivity contribution in [3.8, 4) is 5.75 Å². The van der Waals surface area contributed by atoms with Crippen molar-refractivity contribution in [1.29, 1.82) is 0 Å². The maximum atomic E-state index is 12.4. The van der Waals surface area contributed by atoms with E-state index in [0.29, 0.717) is 25.4 Å². The van der Waals surface area contributed by atoms with Gasteiger partial charge in [-0.15, -0.1) is 0 Å². The van der Waals surface area contributed by atoms with Crippen LogP contribution in [-0.4, -0.2) is 11.6 Å². The van der Waals surface area contributed by atoms with E-state index in [1.54, 1.807) is 0 Å². The molecular formula is C21H18ClNO3. The van der Waals surface area contributed by atoms with Gasteiger partial charge in [0.15, 0.2) is 0 Å². The normalized spacial score (nSPS) is 16.3. The van der Waals surface area contributed by atoms with Crippen LogP contribution in [0.2, 0.25) is 5.02 Å². The SMILES string of the molecule is O=c1oc2c3c(ccc2c2c1CCC2)OCN(Cc1ccccc1Cl)C3. The van der Waals surface area contributed by atoms with E-state index in [4.69, 9.17) is 20.8 Å². The zero-order chi connectivity index (χ0) is 17.7. The van der Waals surface area contributed by atoms with Gasteiger partial charge < -0.3 is 9.15 Å². The van der Waals surface area contributed by atoms with E-state index < -0.39 is 0 Å². The molecule has 0 saturated carbocycles. The predicted molar refractivity (Wildman–Crippen MR) is 101 cm³/mol. The number of benzene rings is 2. The van der Waals surface area contributed by atoms with Crippen molar-refractivity contribution in [2.75, 3.05) is 6.73 Å². The highest BCUT2D eigenvalue weighted by atomic mass is 35.5. The average molecular weight is 368 g/mol. The quantitative estimate of drug-likeness (QED) is 0.634. The molecule has 5 rings (SSSR count). The molecule has 1 aromatic heterocycles. The lowest BCUT2D eigenvalue weighted by atomic mass is 10.0. The van der Waals surface area contributed by atoms with Crippen LogP contribution in [0.4, 0.5) is 0 Å². The molecule has 0 amide bonds. The van der Waals surface area contributed by atoms with Crippen LogP contribution in [0.3, 0.4) is 0 Å². The van der Waals surface area contributed by atoms with Crippen molar-refractivity contribution < 1.29 is 9.15 Å². The number of halogens is 1. The number of ether oxygens (including phenoxy) is 1. The van der Waals surface area contributed by atoms with Gasteiger partial charge in [-0.1, -0.05) is 29.8 Å². The van der Waals surface area contributed by atoms with Crippen LogP contribution < -0.4 is 10.4 Å². The Morgan fingerprint density at radius 2 is 1.88 bits per heavy atom. The van der Waals surface area contributed by atoms with Crippen LogP contribution >= 0.6 is 11.6 Å². The van der Waals surface area contributed by atoms with Crippen molar-refractivity contribution in [3.63, 3.8) is 0 Å². The second-order valence-corrected chi connectivity index (χ2v) is 7.38. The van der Waals surface area contributed by atoms with Gasteiger partial charge in [0.1, 0.15) is 18.1 Å². The summed E-state index contributed by atoms with van der Waals surface area (Å²) in [6.07, 6.45) is 2.78. The van der Waals surface area contributed by atoms with E-state index in [2.05, 4.69) is 4.90 Å². The molecule has 0 unspecified atom stereocenters. The number of hydrogen-bond acceptors (Lipinski definition) is 4. The van der Waals surface area contributed by atoms with Crippen molar-refractivity contribution >= 4 is 22.6 Å². The van der Waals surface area contributed by atoms with Gasteiger partial charge in [0.2, 0.25) is 0 Å². The smallest absolute Gasteiger partial charge is 0.339 e. The van der Waals surface area contributed by atoms with E-state index in [1.807, 2.05) is 36.4 Å². The van der Waals surface area contributed by atoms with Crippen LogP contribution in [0, 0.1) is 0 Å². The summed E-state index contributed by atoms with van der Waals surface area (Å²) >= 11 is 6.30. The number of nitrogens with zero attached hydrogens (tertiary/aromatic N) is 1. The van der Waals surface area contributed by atoms with Gasteiger partial charge in [0.25, 0.3) is 0 Å². The lowest BCUT2D eigenvalue weighted by Gasteiger charge is -2.29. The van der Waals surface area contributed by atoms with E-state index in [-0.39, 0.29) is 5.63 Å². The fraction of sp³-hybridized carbons (Fsp3) is 0.286. The van der Waals surface area contributed by atoms with Crippen molar-refractivity contribution in [2.45, 2.75) is 32.4 Å². The van der Waals surface area contributed by atoms with Gasteiger partial charge in [-0.2, -0.15) is 0 Å². The monoisotopic (exact) mass is 367 g/mol. The highest BCUT2D eigenvalue weighted by Gasteiger charge is 2.26. The lowest BCUT2D eigenvalue weighted by molar-refractivity contribution is 0.0890. The second kappa shape index (κ2) is 6.15. The van der Waals surface area contributed by atoms with Crippen LogP contribution in [0.25, 0.3) is 11.0 Å². The van der Waals surface area contributed by atoms with Crippen LogP contribution in [0.5, 0.6) is 5.75 Å². The van der Waals surface area contributed by atoms with Gasteiger partial charge in [-0.05, 0) is 48.6 Å². The van der Waals surface area contributed by atoms with Crippen molar-refractivity contribution in [3.05, 3.63) is 74.1 Å². The molecule has 2 aromatic carbocycles. The Bertz CT molecular complexity index is 1070. The molecule has 1 aliphatic heterocycles. The highest BCUT2D eigenvalue weighted by Crippen LogP contribution is 2.36. The first-order valence-electron chi connectivity index (χ1n) is 8.90. The zero-order valence-electron chi connectivity index (χ0n) is 14.3. The van der Waals surface area contributed by atoms with Gasteiger partial charge in [-0.25, -0.2) is 4.79 Å². The molecule has 0 bridgehead atoms. The van der Waals surface area contributed by atoms with Gasteiger partial charge in [-0.3, -0.25) is 4.90 Å². The Hall–Kier alpha value is -2.30. The Morgan fingerprint density at radius 3 is 2.77 bits per heavy atom. The standard InChI is InChI=1S/C21H18ClNO3/c22-18-7-2-1-4-13(18)10-23-11-17-19(25-12-23)9-8-15-14-5-3-6-16(14)21(24)26-20(15)17/h1-2,4,7-9H,3,5-6,10-12H2. The van der Waals surface area contributed by atoms with E-state index in [1.165, 1.54) is 0 Å². The zero-order valence-corrected chi connectivity index (χ0v) is 15.0. The second-order valence-electron chi connectivity index (χ2n) is 6.97. The third-order valence-electron chi connectivity index (χ3n) is 5.34. The molecule has 0 radical (unpaired) electrons. The first kappa shape index (κ1) is 15.9. The maximum Gasteiger partial charge on any atom is 0.339 e. The van der Waals surface area contributed by atoms with Gasteiger partial charge >= 0.3 is 5.63 Å². The molecule has 5 heteroatoms. The Morgan fingerprint density at radius 1 is 1.04 bits per heavy atom. The Kier molecular flexibility index (Phi) is 3.76. The fourth-order valence-electron chi connectivity index (χ4n) is 4.07. The van der Waals surface area contributed by atoms with E-state index in [9.17, 15) is 4.79 Å². The lowest BCUT2D eigenvalue weighted by Crippen LogP contribution is -2.31. The molecule has 4 nitrogen and oxygen atoms in total. The molecule has 0 spiro atoms. The third kappa shape index (κ3) is 2.52. The Balaban J connectivity index is 1.56. The fourth-order valence-corrected chi connectivity index (χ4v) is 4.26. The number of fused-ring (bicyclic) bond motifs is 5. The summed E-state index contributed by atoms with van der Waals surface area (Å²) in [5, 5.41) is 1.81. The molecule has 3 aromatic rings. The van der Waals surface area contributed by atoms with E-state index >= 15 is 0 Å². The van der Waals surface area contributed by atoms with Crippen molar-refractivity contribution in [1.82, 2.24) is 4.90 Å². The van der Waals surface area contributed by atoms with Gasteiger partial charge in [0.05, 0.1) is 5.56 Å². The molecule has 2 heterocycles. The first-order valence-corrected chi connectivity index (χ1v) is 9.27. The highest BCUT2D eigenvalue weighted by molar-refractivity contribution is 6.31. The first-order chi connectivity index (χ1) is 12.7. The summed E-state index contributed by atoms with van der Waals surface area (Å²) in [5.41, 5.74) is 4.50. The van der Waals surface area contributed by atoms with Crippen LogP contribution in [0.1, 0.15) is 28.7 Å². The van der Waals surface area contributed by atoms with Crippen LogP contribution in [-0.2, 0) is 25.9 Å².